The summed E-state index contributed by atoms with van der Waals surface area (Å²) in [6.07, 6.45) is 0. The first kappa shape index (κ1) is 21.4. The van der Waals surface area contributed by atoms with Crippen molar-refractivity contribution in [3.05, 3.63) is 54.2 Å². The van der Waals surface area contributed by atoms with Crippen LogP contribution in [0.3, 0.4) is 0 Å². The van der Waals surface area contributed by atoms with Gasteiger partial charge in [0.05, 0.1) is 23.3 Å². The van der Waals surface area contributed by atoms with Gasteiger partial charge in [-0.05, 0) is 64.2 Å². The monoisotopic (exact) mass is 496 g/mol. The van der Waals surface area contributed by atoms with Crippen molar-refractivity contribution >= 4 is 82.2 Å². The van der Waals surface area contributed by atoms with Gasteiger partial charge in [0, 0.05) is 10.8 Å². The molecule has 0 aliphatic heterocycles. The van der Waals surface area contributed by atoms with Gasteiger partial charge >= 0.3 is 0 Å². The molecule has 8 heteroatoms. The fourth-order valence-corrected chi connectivity index (χ4v) is 16.6. The van der Waals surface area contributed by atoms with E-state index in [1.54, 1.807) is 45.3 Å². The average molecular weight is 497 g/mol. The molecule has 0 spiro atoms. The largest absolute Gasteiger partial charge is 0.192 e. The number of thiophene rings is 4. The Balaban J connectivity index is 1.85. The first-order valence-electron chi connectivity index (χ1n) is 9.39. The van der Waals surface area contributed by atoms with Crippen LogP contribution < -0.4 is 20.7 Å². The molecule has 4 aromatic heterocycles. The third-order valence-electron chi connectivity index (χ3n) is 5.87. The van der Waals surface area contributed by atoms with Gasteiger partial charge in [-0.15, -0.1) is 0 Å². The third kappa shape index (κ3) is 3.38. The second-order valence-electron chi connectivity index (χ2n) is 8.27. The zero-order valence-corrected chi connectivity index (χ0v) is 22.4. The highest BCUT2D eigenvalue weighted by Gasteiger charge is 2.36. The van der Waals surface area contributed by atoms with Gasteiger partial charge in [0.2, 0.25) is 0 Å². The summed E-state index contributed by atoms with van der Waals surface area (Å²) in [6, 6.07) is 4.79. The Morgan fingerprint density at radius 1 is 0.533 bits per heavy atom. The van der Waals surface area contributed by atoms with Crippen LogP contribution in [-0.2, 0) is 0 Å². The van der Waals surface area contributed by atoms with E-state index in [1.807, 2.05) is 10.8 Å². The van der Waals surface area contributed by atoms with Gasteiger partial charge in [-0.3, -0.25) is 0 Å². The molecule has 0 aliphatic carbocycles. The second kappa shape index (κ2) is 8.04. The molecule has 4 heterocycles. The van der Waals surface area contributed by atoms with Crippen molar-refractivity contribution in [1.29, 1.82) is 10.5 Å². The second-order valence-corrected chi connectivity index (χ2v) is 19.9. The number of hydrogen-bond acceptors (Lipinski definition) is 6. The van der Waals surface area contributed by atoms with Gasteiger partial charge in [0.1, 0.15) is 16.1 Å². The van der Waals surface area contributed by atoms with Crippen LogP contribution in [0.5, 0.6) is 0 Å². The maximum atomic E-state index is 9.59. The van der Waals surface area contributed by atoms with E-state index in [0.717, 1.165) is 11.1 Å². The number of hydrogen-bond donors (Lipinski definition) is 0. The molecule has 0 aliphatic rings. The van der Waals surface area contributed by atoms with E-state index in [9.17, 15) is 10.5 Å². The molecule has 4 aromatic rings. The molecule has 0 unspecified atom stereocenters. The quantitative estimate of drug-likeness (QED) is 0.366. The molecule has 2 nitrogen and oxygen atoms in total. The fourth-order valence-electron chi connectivity index (χ4n) is 4.00. The van der Waals surface area contributed by atoms with Crippen molar-refractivity contribution in [2.75, 3.05) is 0 Å². The highest BCUT2D eigenvalue weighted by atomic mass is 32.1. The van der Waals surface area contributed by atoms with Crippen molar-refractivity contribution in [3.8, 4) is 23.3 Å². The van der Waals surface area contributed by atoms with E-state index in [4.69, 9.17) is 0 Å². The molecule has 0 saturated carbocycles. The molecule has 30 heavy (non-hydrogen) atoms. The maximum absolute atomic E-state index is 9.59. The van der Waals surface area contributed by atoms with E-state index < -0.39 is 16.1 Å². The van der Waals surface area contributed by atoms with Crippen LogP contribution in [0, 0.1) is 22.7 Å². The first-order chi connectivity index (χ1) is 14.3. The Kier molecular flexibility index (Phi) is 5.75. The lowest BCUT2D eigenvalue weighted by Crippen LogP contribution is -2.55. The van der Waals surface area contributed by atoms with Crippen LogP contribution in [0.25, 0.3) is 11.1 Å². The zero-order valence-electron chi connectivity index (χ0n) is 17.1. The summed E-state index contributed by atoms with van der Waals surface area (Å²) in [4.78, 5) is 0. The van der Waals surface area contributed by atoms with Crippen LogP contribution in [0.1, 0.15) is 11.1 Å². The molecular formula is C22H20N2S4Si2. The van der Waals surface area contributed by atoms with Gasteiger partial charge in [-0.1, -0.05) is 26.2 Å². The lowest BCUT2D eigenvalue weighted by molar-refractivity contribution is 1.51. The summed E-state index contributed by atoms with van der Waals surface area (Å²) in [7, 11) is -4.03. The van der Waals surface area contributed by atoms with E-state index in [-0.39, 0.29) is 0 Å². The van der Waals surface area contributed by atoms with Crippen molar-refractivity contribution < 1.29 is 0 Å². The Labute approximate surface area is 195 Å². The normalized spacial score (nSPS) is 11.9. The summed E-state index contributed by atoms with van der Waals surface area (Å²) >= 11 is 6.75. The number of nitriles is 2. The van der Waals surface area contributed by atoms with Crippen molar-refractivity contribution in [3.63, 3.8) is 0 Å². The van der Waals surface area contributed by atoms with E-state index in [1.165, 1.54) is 31.9 Å². The van der Waals surface area contributed by atoms with Crippen LogP contribution >= 0.6 is 45.3 Å². The van der Waals surface area contributed by atoms with Gasteiger partial charge in [-0.2, -0.15) is 55.9 Å². The van der Waals surface area contributed by atoms with E-state index in [0.29, 0.717) is 0 Å². The topological polar surface area (TPSA) is 47.6 Å². The molecule has 0 bridgehead atoms. The molecule has 0 fully saturated rings. The summed E-state index contributed by atoms with van der Waals surface area (Å²) in [5, 5.41) is 41.9. The lowest BCUT2D eigenvalue weighted by atomic mass is 10.2. The van der Waals surface area contributed by atoms with Gasteiger partial charge in [0.25, 0.3) is 0 Å². The molecule has 0 amide bonds. The molecule has 0 saturated heterocycles. The minimum atomic E-state index is -2.02. The Bertz CT molecular complexity index is 1190. The van der Waals surface area contributed by atoms with Crippen LogP contribution in [0.2, 0.25) is 26.2 Å². The SMILES string of the molecule is C[Si](C)(c1cscc1C#N)c1cscc1-c1cscc1[Si](C)(C)c1cscc1C#N. The predicted octanol–water partition coefficient (Wildman–Crippen LogP) is 4.99. The van der Waals surface area contributed by atoms with Gasteiger partial charge < -0.3 is 0 Å². The summed E-state index contributed by atoms with van der Waals surface area (Å²) in [6.45, 7) is 9.40. The first-order valence-corrected chi connectivity index (χ1v) is 19.2. The molecule has 0 radical (unpaired) electrons. The Hall–Kier alpha value is -1.79. The minimum absolute atomic E-state index is 0.825. The molecule has 0 N–H and O–H groups in total. The number of nitrogens with zero attached hydrogens (tertiary/aromatic N) is 2. The van der Waals surface area contributed by atoms with Crippen LogP contribution in [0.15, 0.2) is 43.0 Å². The van der Waals surface area contributed by atoms with Gasteiger partial charge in [0.15, 0.2) is 0 Å². The molecule has 4 rings (SSSR count). The number of rotatable bonds is 5. The highest BCUT2D eigenvalue weighted by Crippen LogP contribution is 2.28. The summed E-state index contributed by atoms with van der Waals surface area (Å²) < 4.78 is 0. The predicted molar refractivity (Wildman–Crippen MR) is 139 cm³/mol. The summed E-state index contributed by atoms with van der Waals surface area (Å²) in [5.41, 5.74) is 4.28. The maximum Gasteiger partial charge on any atom is 0.116 e. The fraction of sp³-hybridized carbons (Fsp3) is 0.182. The zero-order chi connectivity index (χ0) is 21.5. The lowest BCUT2D eigenvalue weighted by Gasteiger charge is -2.26. The standard InChI is InChI=1S/C22H20N2S4Si2/c1-29(2,19-11-25-7-15(19)5-23)21-13-27-9-17(21)18-10-28-14-22(18)30(3,4)20-12-26-8-16(20)6-24/h7-14H,1-4H3. The summed E-state index contributed by atoms with van der Waals surface area (Å²) in [5.74, 6) is 0. The minimum Gasteiger partial charge on any atom is -0.192 e. The van der Waals surface area contributed by atoms with Crippen molar-refractivity contribution in [2.45, 2.75) is 26.2 Å². The third-order valence-corrected chi connectivity index (χ3v) is 16.7. The Morgan fingerprint density at radius 3 is 1.23 bits per heavy atom. The van der Waals surface area contributed by atoms with Gasteiger partial charge in [-0.25, -0.2) is 0 Å². The van der Waals surface area contributed by atoms with Crippen LogP contribution in [0.4, 0.5) is 0 Å². The van der Waals surface area contributed by atoms with Crippen LogP contribution in [-0.4, -0.2) is 16.1 Å². The highest BCUT2D eigenvalue weighted by molar-refractivity contribution is 7.17. The van der Waals surface area contributed by atoms with E-state index in [2.05, 4.69) is 70.6 Å². The molecular weight excluding hydrogens is 477 g/mol. The molecule has 150 valence electrons. The molecule has 0 atom stereocenters. The smallest absolute Gasteiger partial charge is 0.116 e. The van der Waals surface area contributed by atoms with Crippen molar-refractivity contribution in [1.82, 2.24) is 0 Å². The van der Waals surface area contributed by atoms with E-state index >= 15 is 0 Å². The Morgan fingerprint density at radius 2 is 0.867 bits per heavy atom. The molecule has 0 aromatic carbocycles. The average Bonchev–Trinajstić information content (AvgIpc) is 3.52. The van der Waals surface area contributed by atoms with Crippen molar-refractivity contribution in [2.24, 2.45) is 0 Å².